The van der Waals surface area contributed by atoms with Crippen LogP contribution < -0.4 is 5.73 Å². The highest BCUT2D eigenvalue weighted by Gasteiger charge is 2.08. The Bertz CT molecular complexity index is 332. The van der Waals surface area contributed by atoms with Crippen molar-refractivity contribution in [3.8, 4) is 0 Å². The Hall–Kier alpha value is -0.900. The molecule has 78 valence electrons. The van der Waals surface area contributed by atoms with Crippen LogP contribution in [0.4, 0.5) is 10.1 Å². The van der Waals surface area contributed by atoms with E-state index in [4.69, 9.17) is 5.73 Å². The first-order valence-corrected chi connectivity index (χ1v) is 5.75. The van der Waals surface area contributed by atoms with Gasteiger partial charge in [0.2, 0.25) is 0 Å². The van der Waals surface area contributed by atoms with E-state index in [1.807, 2.05) is 13.8 Å². The quantitative estimate of drug-likeness (QED) is 0.785. The Labute approximate surface area is 85.8 Å². The molecule has 0 aliphatic carbocycles. The van der Waals surface area contributed by atoms with Gasteiger partial charge in [0.05, 0.1) is 10.8 Å². The van der Waals surface area contributed by atoms with E-state index in [1.165, 1.54) is 12.1 Å². The summed E-state index contributed by atoms with van der Waals surface area (Å²) in [6.45, 7) is 3.95. The first-order valence-electron chi connectivity index (χ1n) is 4.43. The van der Waals surface area contributed by atoms with E-state index < -0.39 is 16.6 Å². The highest BCUT2D eigenvalue weighted by Crippen LogP contribution is 2.15. The number of halogens is 1. The number of benzene rings is 1. The van der Waals surface area contributed by atoms with E-state index in [1.54, 1.807) is 6.07 Å². The molecule has 1 aromatic carbocycles. The molecule has 0 saturated heterocycles. The number of nitrogens with two attached hydrogens (primary N) is 1. The lowest BCUT2D eigenvalue weighted by Crippen LogP contribution is -2.05. The summed E-state index contributed by atoms with van der Waals surface area (Å²) in [6, 6.07) is 4.05. The van der Waals surface area contributed by atoms with Crippen molar-refractivity contribution >= 4 is 16.5 Å². The van der Waals surface area contributed by atoms with Gasteiger partial charge in [-0.25, -0.2) is 4.39 Å². The van der Waals surface area contributed by atoms with E-state index in [-0.39, 0.29) is 0 Å². The molecule has 0 aromatic heterocycles. The lowest BCUT2D eigenvalue weighted by molar-refractivity contribution is 0.622. The van der Waals surface area contributed by atoms with E-state index in [0.29, 0.717) is 22.3 Å². The van der Waals surface area contributed by atoms with Crippen LogP contribution in [-0.2, 0) is 10.8 Å². The number of rotatable bonds is 3. The van der Waals surface area contributed by atoms with E-state index in [9.17, 15) is 8.60 Å². The molecule has 0 aliphatic heterocycles. The molecule has 14 heavy (non-hydrogen) atoms. The number of nitrogen functional groups attached to an aromatic ring is 1. The van der Waals surface area contributed by atoms with Crippen molar-refractivity contribution < 1.29 is 8.60 Å². The third-order valence-electron chi connectivity index (χ3n) is 1.64. The minimum Gasteiger partial charge on any atom is -0.399 e. The number of anilines is 1. The van der Waals surface area contributed by atoms with Gasteiger partial charge in [0.25, 0.3) is 0 Å². The van der Waals surface area contributed by atoms with Crippen molar-refractivity contribution in [2.24, 2.45) is 5.92 Å². The van der Waals surface area contributed by atoms with E-state index in [0.717, 1.165) is 0 Å². The molecule has 0 saturated carbocycles. The summed E-state index contributed by atoms with van der Waals surface area (Å²) in [5, 5.41) is 0. The van der Waals surface area contributed by atoms with Crippen LogP contribution in [0.15, 0.2) is 23.1 Å². The molecule has 1 atom stereocenters. The second kappa shape index (κ2) is 4.55. The summed E-state index contributed by atoms with van der Waals surface area (Å²) in [7, 11) is -1.15. The topological polar surface area (TPSA) is 43.1 Å². The lowest BCUT2D eigenvalue weighted by atomic mass is 10.3. The van der Waals surface area contributed by atoms with Crippen LogP contribution in [0.25, 0.3) is 0 Å². The zero-order valence-electron chi connectivity index (χ0n) is 8.29. The Morgan fingerprint density at radius 3 is 2.57 bits per heavy atom. The van der Waals surface area contributed by atoms with Gasteiger partial charge in [-0.15, -0.1) is 0 Å². The van der Waals surface area contributed by atoms with Gasteiger partial charge in [0.15, 0.2) is 0 Å². The molecule has 0 aliphatic rings. The van der Waals surface area contributed by atoms with Gasteiger partial charge in [-0.05, 0) is 24.1 Å². The van der Waals surface area contributed by atoms with Crippen molar-refractivity contribution in [2.75, 3.05) is 11.5 Å². The third-order valence-corrected chi connectivity index (χ3v) is 3.37. The molecule has 0 amide bonds. The Morgan fingerprint density at radius 2 is 2.07 bits per heavy atom. The standard InChI is InChI=1S/C10H14FNOS/c1-7(2)6-14(13)10-4-8(11)3-9(12)5-10/h3-5,7H,6,12H2,1-2H3. The van der Waals surface area contributed by atoms with Crippen LogP contribution >= 0.6 is 0 Å². The normalized spacial score (nSPS) is 13.1. The SMILES string of the molecule is CC(C)CS(=O)c1cc(N)cc(F)c1. The first kappa shape index (κ1) is 11.2. The maximum atomic E-state index is 12.9. The van der Waals surface area contributed by atoms with Gasteiger partial charge in [0.1, 0.15) is 5.82 Å². The zero-order chi connectivity index (χ0) is 10.7. The molecular formula is C10H14FNOS. The molecule has 2 nitrogen and oxygen atoms in total. The van der Waals surface area contributed by atoms with Crippen molar-refractivity contribution in [2.45, 2.75) is 18.7 Å². The monoisotopic (exact) mass is 215 g/mol. The number of hydrogen-bond donors (Lipinski definition) is 1. The van der Waals surface area contributed by atoms with Crippen molar-refractivity contribution in [3.05, 3.63) is 24.0 Å². The summed E-state index contributed by atoms with van der Waals surface area (Å²) < 4.78 is 24.6. The fourth-order valence-electron chi connectivity index (χ4n) is 1.11. The van der Waals surface area contributed by atoms with Crippen LogP contribution in [0.2, 0.25) is 0 Å². The molecular weight excluding hydrogens is 201 g/mol. The van der Waals surface area contributed by atoms with E-state index in [2.05, 4.69) is 0 Å². The van der Waals surface area contributed by atoms with Gasteiger partial charge in [-0.3, -0.25) is 4.21 Å². The van der Waals surface area contributed by atoms with Crippen LogP contribution in [0.1, 0.15) is 13.8 Å². The molecule has 0 radical (unpaired) electrons. The Kier molecular flexibility index (Phi) is 3.63. The van der Waals surface area contributed by atoms with Crippen molar-refractivity contribution in [1.82, 2.24) is 0 Å². The molecule has 4 heteroatoms. The largest absolute Gasteiger partial charge is 0.399 e. The summed E-state index contributed by atoms with van der Waals surface area (Å²) in [4.78, 5) is 0.469. The lowest BCUT2D eigenvalue weighted by Gasteiger charge is -2.05. The minimum atomic E-state index is -1.15. The smallest absolute Gasteiger partial charge is 0.126 e. The Morgan fingerprint density at radius 1 is 1.43 bits per heavy atom. The van der Waals surface area contributed by atoms with Gasteiger partial charge >= 0.3 is 0 Å². The Balaban J connectivity index is 2.90. The second-order valence-electron chi connectivity index (χ2n) is 3.63. The summed E-state index contributed by atoms with van der Waals surface area (Å²) in [5.74, 6) is 0.417. The molecule has 0 fully saturated rings. The summed E-state index contributed by atoms with van der Waals surface area (Å²) >= 11 is 0. The highest BCUT2D eigenvalue weighted by atomic mass is 32.2. The summed E-state index contributed by atoms with van der Waals surface area (Å²) in [5.41, 5.74) is 5.77. The van der Waals surface area contributed by atoms with Crippen LogP contribution in [-0.4, -0.2) is 9.96 Å². The average molecular weight is 215 g/mol. The zero-order valence-corrected chi connectivity index (χ0v) is 9.10. The average Bonchev–Trinajstić information content (AvgIpc) is 2.00. The second-order valence-corrected chi connectivity index (χ2v) is 5.12. The molecule has 1 unspecified atom stereocenters. The molecule has 2 N–H and O–H groups in total. The number of hydrogen-bond acceptors (Lipinski definition) is 2. The first-order chi connectivity index (χ1) is 6.49. The summed E-state index contributed by atoms with van der Waals surface area (Å²) in [6.07, 6.45) is 0. The predicted molar refractivity (Wildman–Crippen MR) is 56.9 cm³/mol. The molecule has 0 heterocycles. The highest BCUT2D eigenvalue weighted by molar-refractivity contribution is 7.85. The van der Waals surface area contributed by atoms with Crippen LogP contribution in [0, 0.1) is 11.7 Å². The molecule has 1 aromatic rings. The van der Waals surface area contributed by atoms with Crippen LogP contribution in [0.5, 0.6) is 0 Å². The van der Waals surface area contributed by atoms with Crippen LogP contribution in [0.3, 0.4) is 0 Å². The molecule has 0 spiro atoms. The van der Waals surface area contributed by atoms with Crippen molar-refractivity contribution in [1.29, 1.82) is 0 Å². The fourth-order valence-corrected chi connectivity index (χ4v) is 2.42. The molecule has 0 bridgehead atoms. The van der Waals surface area contributed by atoms with Gasteiger partial charge in [-0.1, -0.05) is 13.8 Å². The predicted octanol–water partition coefficient (Wildman–Crippen LogP) is 2.17. The van der Waals surface area contributed by atoms with Crippen molar-refractivity contribution in [3.63, 3.8) is 0 Å². The minimum absolute atomic E-state index is 0.317. The van der Waals surface area contributed by atoms with Gasteiger partial charge < -0.3 is 5.73 Å². The molecule has 1 rings (SSSR count). The maximum absolute atomic E-state index is 12.9. The van der Waals surface area contributed by atoms with Gasteiger partial charge in [0, 0.05) is 16.3 Å². The van der Waals surface area contributed by atoms with Gasteiger partial charge in [-0.2, -0.15) is 0 Å². The maximum Gasteiger partial charge on any atom is 0.126 e. The van der Waals surface area contributed by atoms with E-state index >= 15 is 0 Å². The fraction of sp³-hybridized carbons (Fsp3) is 0.400. The third kappa shape index (κ3) is 3.10.